The van der Waals surface area contributed by atoms with E-state index in [1.807, 2.05) is 6.07 Å². The number of aryl methyl sites for hydroxylation is 1. The van der Waals surface area contributed by atoms with Crippen LogP contribution in [0.2, 0.25) is 0 Å². The van der Waals surface area contributed by atoms with Gasteiger partial charge in [0, 0.05) is 22.0 Å². The lowest BCUT2D eigenvalue weighted by Crippen LogP contribution is -2.45. The highest BCUT2D eigenvalue weighted by atomic mass is 14.8. The normalized spacial score (nSPS) is 18.0. The van der Waals surface area contributed by atoms with E-state index in [9.17, 15) is 0 Å². The Morgan fingerprint density at radius 1 is 1.22 bits per heavy atom. The van der Waals surface area contributed by atoms with Crippen LogP contribution in [0.4, 0.5) is 0 Å². The van der Waals surface area contributed by atoms with Crippen LogP contribution in [-0.2, 0) is 5.41 Å². The summed E-state index contributed by atoms with van der Waals surface area (Å²) in [7, 11) is 0. The van der Waals surface area contributed by atoms with E-state index in [0.717, 1.165) is 11.2 Å². The van der Waals surface area contributed by atoms with Gasteiger partial charge < -0.3 is 5.73 Å². The van der Waals surface area contributed by atoms with Crippen LogP contribution in [0.5, 0.6) is 0 Å². The van der Waals surface area contributed by atoms with Crippen LogP contribution in [0.1, 0.15) is 37.9 Å². The topological polar surface area (TPSA) is 38.9 Å². The Bertz CT molecular complexity index is 604. The van der Waals surface area contributed by atoms with Crippen molar-refractivity contribution in [3.63, 3.8) is 0 Å². The minimum absolute atomic E-state index is 0.139. The van der Waals surface area contributed by atoms with Gasteiger partial charge in [0.05, 0.1) is 5.52 Å². The lowest BCUT2D eigenvalue weighted by Gasteiger charge is -2.32. The Morgan fingerprint density at radius 2 is 1.89 bits per heavy atom. The van der Waals surface area contributed by atoms with Gasteiger partial charge in [0.25, 0.3) is 0 Å². The molecule has 1 aromatic heterocycles. The van der Waals surface area contributed by atoms with Crippen molar-refractivity contribution in [2.75, 3.05) is 0 Å². The van der Waals surface area contributed by atoms with Crippen molar-refractivity contribution in [3.05, 3.63) is 41.6 Å². The third kappa shape index (κ3) is 1.56. The Kier molecular flexibility index (Phi) is 2.30. The third-order valence-corrected chi connectivity index (χ3v) is 4.34. The molecule has 2 nitrogen and oxygen atoms in total. The highest BCUT2D eigenvalue weighted by molar-refractivity contribution is 5.84. The smallest absolute Gasteiger partial charge is 0.0708 e. The van der Waals surface area contributed by atoms with Crippen molar-refractivity contribution >= 4 is 10.9 Å². The number of nitrogens with two attached hydrogens (primary N) is 1. The van der Waals surface area contributed by atoms with Gasteiger partial charge in [0.1, 0.15) is 0 Å². The second kappa shape index (κ2) is 3.55. The lowest BCUT2D eigenvalue weighted by molar-refractivity contribution is 0.393. The Morgan fingerprint density at radius 3 is 2.50 bits per heavy atom. The average molecular weight is 240 g/mol. The molecule has 2 aromatic rings. The zero-order valence-electron chi connectivity index (χ0n) is 11.3. The summed E-state index contributed by atoms with van der Waals surface area (Å²) in [4.78, 5) is 4.62. The first-order valence-corrected chi connectivity index (χ1v) is 6.60. The number of rotatable bonds is 2. The number of pyridine rings is 1. The van der Waals surface area contributed by atoms with Crippen LogP contribution in [0.3, 0.4) is 0 Å². The van der Waals surface area contributed by atoms with E-state index < -0.39 is 0 Å². The number of fused-ring (bicyclic) bond motifs is 1. The number of hydrogen-bond acceptors (Lipinski definition) is 2. The SMILES string of the molecule is Cc1cc(C2(C(C)(C)N)CC2)c2ccccc2n1. The molecule has 0 unspecified atom stereocenters. The predicted octanol–water partition coefficient (Wildman–Crippen LogP) is 3.31. The van der Waals surface area contributed by atoms with Crippen molar-refractivity contribution in [1.29, 1.82) is 0 Å². The molecule has 0 amide bonds. The fraction of sp³-hybridized carbons (Fsp3) is 0.438. The molecule has 2 heteroatoms. The summed E-state index contributed by atoms with van der Waals surface area (Å²) in [5, 5.41) is 1.26. The van der Waals surface area contributed by atoms with Crippen LogP contribution < -0.4 is 5.73 Å². The molecule has 1 aliphatic rings. The molecular formula is C16H20N2. The van der Waals surface area contributed by atoms with Gasteiger partial charge in [-0.3, -0.25) is 4.98 Å². The van der Waals surface area contributed by atoms with Gasteiger partial charge in [-0.1, -0.05) is 18.2 Å². The first kappa shape index (κ1) is 11.7. The van der Waals surface area contributed by atoms with Gasteiger partial charge in [0.15, 0.2) is 0 Å². The van der Waals surface area contributed by atoms with Crippen LogP contribution in [0.25, 0.3) is 10.9 Å². The van der Waals surface area contributed by atoms with Crippen molar-refractivity contribution in [1.82, 2.24) is 4.98 Å². The standard InChI is InChI=1S/C16H20N2/c1-11-10-13(16(8-9-16)15(2,3)17)12-6-4-5-7-14(12)18-11/h4-7,10H,8-9,17H2,1-3H3. The first-order chi connectivity index (χ1) is 8.44. The summed E-state index contributed by atoms with van der Waals surface area (Å²) in [5.41, 5.74) is 9.95. The van der Waals surface area contributed by atoms with Gasteiger partial charge in [-0.2, -0.15) is 0 Å². The molecular weight excluding hydrogens is 220 g/mol. The van der Waals surface area contributed by atoms with E-state index in [2.05, 4.69) is 50.0 Å². The maximum Gasteiger partial charge on any atom is 0.0708 e. The molecule has 0 radical (unpaired) electrons. The van der Waals surface area contributed by atoms with Gasteiger partial charge in [-0.15, -0.1) is 0 Å². The Hall–Kier alpha value is -1.41. The molecule has 1 aromatic carbocycles. The van der Waals surface area contributed by atoms with E-state index >= 15 is 0 Å². The summed E-state index contributed by atoms with van der Waals surface area (Å²) >= 11 is 0. The number of para-hydroxylation sites is 1. The van der Waals surface area contributed by atoms with E-state index in [1.165, 1.54) is 23.8 Å². The maximum atomic E-state index is 6.43. The number of benzene rings is 1. The second-order valence-corrected chi connectivity index (χ2v) is 6.13. The largest absolute Gasteiger partial charge is 0.325 e. The minimum atomic E-state index is -0.177. The first-order valence-electron chi connectivity index (χ1n) is 6.60. The summed E-state index contributed by atoms with van der Waals surface area (Å²) < 4.78 is 0. The average Bonchev–Trinajstić information content (AvgIpc) is 3.08. The fourth-order valence-corrected chi connectivity index (χ4v) is 3.09. The molecule has 94 valence electrons. The van der Waals surface area contributed by atoms with Gasteiger partial charge in [-0.05, 0) is 51.3 Å². The van der Waals surface area contributed by atoms with Crippen LogP contribution in [0.15, 0.2) is 30.3 Å². The zero-order chi connectivity index (χ0) is 13.0. The number of aromatic nitrogens is 1. The van der Waals surface area contributed by atoms with E-state index in [0.29, 0.717) is 0 Å². The summed E-state index contributed by atoms with van der Waals surface area (Å²) in [6.45, 7) is 6.35. The van der Waals surface area contributed by atoms with Crippen molar-refractivity contribution in [2.24, 2.45) is 5.73 Å². The van der Waals surface area contributed by atoms with Crippen molar-refractivity contribution in [3.8, 4) is 0 Å². The molecule has 2 N–H and O–H groups in total. The molecule has 1 aliphatic carbocycles. The van der Waals surface area contributed by atoms with Crippen LogP contribution in [0, 0.1) is 6.92 Å². The molecule has 1 saturated carbocycles. The molecule has 0 spiro atoms. The predicted molar refractivity (Wildman–Crippen MR) is 75.7 cm³/mol. The second-order valence-electron chi connectivity index (χ2n) is 6.13. The Balaban J connectivity index is 2.30. The van der Waals surface area contributed by atoms with Gasteiger partial charge in [-0.25, -0.2) is 0 Å². The monoisotopic (exact) mass is 240 g/mol. The molecule has 1 fully saturated rings. The van der Waals surface area contributed by atoms with Crippen molar-refractivity contribution < 1.29 is 0 Å². The zero-order valence-corrected chi connectivity index (χ0v) is 11.3. The van der Waals surface area contributed by atoms with Crippen molar-refractivity contribution in [2.45, 2.75) is 44.6 Å². The molecule has 18 heavy (non-hydrogen) atoms. The quantitative estimate of drug-likeness (QED) is 0.874. The molecule has 1 heterocycles. The van der Waals surface area contributed by atoms with E-state index in [-0.39, 0.29) is 11.0 Å². The highest BCUT2D eigenvalue weighted by Crippen LogP contribution is 2.56. The Labute approximate surface area is 108 Å². The summed E-state index contributed by atoms with van der Waals surface area (Å²) in [6, 6.07) is 10.6. The van der Waals surface area contributed by atoms with Crippen LogP contribution >= 0.6 is 0 Å². The van der Waals surface area contributed by atoms with Crippen LogP contribution in [-0.4, -0.2) is 10.5 Å². The molecule has 0 saturated heterocycles. The van der Waals surface area contributed by atoms with E-state index in [1.54, 1.807) is 0 Å². The molecule has 0 aliphatic heterocycles. The molecule has 0 atom stereocenters. The van der Waals surface area contributed by atoms with E-state index in [4.69, 9.17) is 5.73 Å². The number of hydrogen-bond donors (Lipinski definition) is 1. The molecule has 3 rings (SSSR count). The number of nitrogens with zero attached hydrogens (tertiary/aromatic N) is 1. The molecule has 0 bridgehead atoms. The highest BCUT2D eigenvalue weighted by Gasteiger charge is 2.54. The minimum Gasteiger partial charge on any atom is -0.325 e. The third-order valence-electron chi connectivity index (χ3n) is 4.34. The maximum absolute atomic E-state index is 6.43. The summed E-state index contributed by atoms with van der Waals surface area (Å²) in [6.07, 6.45) is 2.37. The fourth-order valence-electron chi connectivity index (χ4n) is 3.09. The summed E-state index contributed by atoms with van der Waals surface area (Å²) in [5.74, 6) is 0. The van der Waals surface area contributed by atoms with Gasteiger partial charge >= 0.3 is 0 Å². The lowest BCUT2D eigenvalue weighted by atomic mass is 9.78. The van der Waals surface area contributed by atoms with Gasteiger partial charge in [0.2, 0.25) is 0 Å².